The van der Waals surface area contributed by atoms with Crippen LogP contribution in [0.15, 0.2) is 18.7 Å². The molecule has 13 heavy (non-hydrogen) atoms. The summed E-state index contributed by atoms with van der Waals surface area (Å²) in [5, 5.41) is 3.36. The molecule has 0 aliphatic heterocycles. The van der Waals surface area contributed by atoms with Crippen LogP contribution in [-0.4, -0.2) is 22.6 Å². The van der Waals surface area contributed by atoms with Crippen LogP contribution in [0.1, 0.15) is 26.8 Å². The number of hydrogen-bond donors (Lipinski definition) is 1. The second kappa shape index (κ2) is 5.02. The van der Waals surface area contributed by atoms with Gasteiger partial charge >= 0.3 is 0 Å². The quantitative estimate of drug-likeness (QED) is 0.749. The first-order valence-electron chi connectivity index (χ1n) is 4.93. The Bertz CT molecular complexity index is 218. The Kier molecular flexibility index (Phi) is 3.96. The summed E-state index contributed by atoms with van der Waals surface area (Å²) in [7, 11) is 0. The number of nitrogens with zero attached hydrogens (tertiary/aromatic N) is 2. The summed E-state index contributed by atoms with van der Waals surface area (Å²) in [5.41, 5.74) is 0. The highest BCUT2D eigenvalue weighted by Gasteiger charge is 2.12. The van der Waals surface area contributed by atoms with Gasteiger partial charge in [-0.3, -0.25) is 0 Å². The van der Waals surface area contributed by atoms with Crippen molar-refractivity contribution >= 4 is 0 Å². The van der Waals surface area contributed by atoms with Gasteiger partial charge in [-0.25, -0.2) is 4.98 Å². The molecule has 0 radical (unpaired) electrons. The van der Waals surface area contributed by atoms with Crippen molar-refractivity contribution in [1.82, 2.24) is 14.9 Å². The summed E-state index contributed by atoms with van der Waals surface area (Å²) < 4.78 is 2.15. The first-order valence-corrected chi connectivity index (χ1v) is 4.93. The van der Waals surface area contributed by atoms with Gasteiger partial charge in [-0.2, -0.15) is 0 Å². The minimum absolute atomic E-state index is 0.515. The monoisotopic (exact) mass is 181 g/mol. The summed E-state index contributed by atoms with van der Waals surface area (Å²) in [6.45, 7) is 8.72. The number of hydrogen-bond acceptors (Lipinski definition) is 2. The van der Waals surface area contributed by atoms with Gasteiger partial charge in [-0.1, -0.05) is 13.8 Å². The zero-order valence-corrected chi connectivity index (χ0v) is 8.70. The molecule has 0 fully saturated rings. The van der Waals surface area contributed by atoms with Crippen molar-refractivity contribution in [2.45, 2.75) is 26.8 Å². The van der Waals surface area contributed by atoms with Gasteiger partial charge in [0.05, 0.1) is 6.33 Å². The standard InChI is InChI=1S/C10H19N3/c1-4-11-7-9(2)10(3)13-6-5-12-8-13/h5-6,8-11H,4,7H2,1-3H3. The highest BCUT2D eigenvalue weighted by atomic mass is 15.1. The molecule has 1 aromatic rings. The topological polar surface area (TPSA) is 29.9 Å². The van der Waals surface area contributed by atoms with Gasteiger partial charge in [0.15, 0.2) is 0 Å². The lowest BCUT2D eigenvalue weighted by molar-refractivity contribution is 0.364. The molecule has 3 heteroatoms. The molecule has 2 atom stereocenters. The summed E-state index contributed by atoms with van der Waals surface area (Å²) in [5.74, 6) is 0.633. The lowest BCUT2D eigenvalue weighted by atomic mass is 10.0. The van der Waals surface area contributed by atoms with Gasteiger partial charge in [0.2, 0.25) is 0 Å². The molecule has 3 nitrogen and oxygen atoms in total. The predicted molar refractivity (Wildman–Crippen MR) is 54.6 cm³/mol. The largest absolute Gasteiger partial charge is 0.334 e. The molecule has 1 rings (SSSR count). The smallest absolute Gasteiger partial charge is 0.0948 e. The molecule has 0 saturated carbocycles. The molecule has 0 bridgehead atoms. The number of nitrogens with one attached hydrogen (secondary N) is 1. The predicted octanol–water partition coefficient (Wildman–Crippen LogP) is 1.69. The minimum Gasteiger partial charge on any atom is -0.334 e. The molecule has 0 aliphatic carbocycles. The van der Waals surface area contributed by atoms with Crippen LogP contribution in [0.3, 0.4) is 0 Å². The summed E-state index contributed by atoms with van der Waals surface area (Å²) >= 11 is 0. The van der Waals surface area contributed by atoms with E-state index >= 15 is 0 Å². The lowest BCUT2D eigenvalue weighted by Crippen LogP contribution is -2.26. The Morgan fingerprint density at radius 3 is 2.77 bits per heavy atom. The molecule has 0 aliphatic rings. The van der Waals surface area contributed by atoms with Crippen molar-refractivity contribution in [3.05, 3.63) is 18.7 Å². The molecule has 1 N–H and O–H groups in total. The highest BCUT2D eigenvalue weighted by molar-refractivity contribution is 4.81. The van der Waals surface area contributed by atoms with E-state index < -0.39 is 0 Å². The van der Waals surface area contributed by atoms with E-state index in [2.05, 4.69) is 35.6 Å². The molecule has 0 saturated heterocycles. The third kappa shape index (κ3) is 2.84. The Balaban J connectivity index is 2.43. The molecular weight excluding hydrogens is 162 g/mol. The van der Waals surface area contributed by atoms with Crippen LogP contribution in [0, 0.1) is 5.92 Å². The van der Waals surface area contributed by atoms with Crippen LogP contribution in [0.5, 0.6) is 0 Å². The zero-order valence-electron chi connectivity index (χ0n) is 8.70. The minimum atomic E-state index is 0.515. The van der Waals surface area contributed by atoms with Crippen molar-refractivity contribution in [2.75, 3.05) is 13.1 Å². The van der Waals surface area contributed by atoms with Crippen molar-refractivity contribution in [2.24, 2.45) is 5.92 Å². The van der Waals surface area contributed by atoms with Gasteiger partial charge in [-0.05, 0) is 25.9 Å². The van der Waals surface area contributed by atoms with Gasteiger partial charge in [0.1, 0.15) is 0 Å². The van der Waals surface area contributed by atoms with Gasteiger partial charge < -0.3 is 9.88 Å². The Morgan fingerprint density at radius 2 is 2.23 bits per heavy atom. The van der Waals surface area contributed by atoms with Crippen molar-refractivity contribution < 1.29 is 0 Å². The van der Waals surface area contributed by atoms with Crippen LogP contribution in [0.4, 0.5) is 0 Å². The summed E-state index contributed by atoms with van der Waals surface area (Å²) in [4.78, 5) is 4.05. The number of rotatable bonds is 5. The lowest BCUT2D eigenvalue weighted by Gasteiger charge is -2.21. The molecule has 1 heterocycles. The van der Waals surface area contributed by atoms with Gasteiger partial charge in [0, 0.05) is 18.4 Å². The van der Waals surface area contributed by atoms with E-state index in [0.717, 1.165) is 13.1 Å². The molecule has 2 unspecified atom stereocenters. The fourth-order valence-electron chi connectivity index (χ4n) is 1.35. The second-order valence-corrected chi connectivity index (χ2v) is 3.54. The maximum atomic E-state index is 4.05. The second-order valence-electron chi connectivity index (χ2n) is 3.54. The van der Waals surface area contributed by atoms with Crippen LogP contribution in [-0.2, 0) is 0 Å². The average molecular weight is 181 g/mol. The maximum Gasteiger partial charge on any atom is 0.0948 e. The van der Waals surface area contributed by atoms with Crippen LogP contribution in [0.2, 0.25) is 0 Å². The van der Waals surface area contributed by atoms with Crippen molar-refractivity contribution in [3.8, 4) is 0 Å². The van der Waals surface area contributed by atoms with E-state index in [0.29, 0.717) is 12.0 Å². The van der Waals surface area contributed by atoms with E-state index in [4.69, 9.17) is 0 Å². The third-order valence-electron chi connectivity index (χ3n) is 2.53. The van der Waals surface area contributed by atoms with Crippen LogP contribution < -0.4 is 5.32 Å². The van der Waals surface area contributed by atoms with E-state index in [1.54, 1.807) is 0 Å². The molecule has 74 valence electrons. The SMILES string of the molecule is CCNCC(C)C(C)n1ccnc1. The average Bonchev–Trinajstić information content (AvgIpc) is 2.65. The fourth-order valence-corrected chi connectivity index (χ4v) is 1.35. The number of imidazole rings is 1. The van der Waals surface area contributed by atoms with Gasteiger partial charge in [-0.15, -0.1) is 0 Å². The molecule has 0 amide bonds. The normalized spacial score (nSPS) is 15.6. The van der Waals surface area contributed by atoms with E-state index in [-0.39, 0.29) is 0 Å². The highest BCUT2D eigenvalue weighted by Crippen LogP contribution is 2.15. The molecular formula is C10H19N3. The van der Waals surface area contributed by atoms with Gasteiger partial charge in [0.25, 0.3) is 0 Å². The maximum absolute atomic E-state index is 4.05. The Morgan fingerprint density at radius 1 is 1.46 bits per heavy atom. The zero-order chi connectivity index (χ0) is 9.68. The summed E-state index contributed by atoms with van der Waals surface area (Å²) in [6.07, 6.45) is 5.73. The Labute approximate surface area is 80.2 Å². The van der Waals surface area contributed by atoms with E-state index in [1.165, 1.54) is 0 Å². The van der Waals surface area contributed by atoms with Crippen molar-refractivity contribution in [1.29, 1.82) is 0 Å². The van der Waals surface area contributed by atoms with E-state index in [1.807, 2.05) is 18.7 Å². The van der Waals surface area contributed by atoms with E-state index in [9.17, 15) is 0 Å². The molecule has 1 aromatic heterocycles. The molecule has 0 aromatic carbocycles. The summed E-state index contributed by atoms with van der Waals surface area (Å²) in [6, 6.07) is 0.515. The first kappa shape index (κ1) is 10.3. The molecule has 0 spiro atoms. The fraction of sp³-hybridized carbons (Fsp3) is 0.700. The van der Waals surface area contributed by atoms with Crippen molar-refractivity contribution in [3.63, 3.8) is 0 Å². The Hall–Kier alpha value is -0.830. The number of aromatic nitrogens is 2. The first-order chi connectivity index (χ1) is 6.25. The third-order valence-corrected chi connectivity index (χ3v) is 2.53. The van der Waals surface area contributed by atoms with Crippen LogP contribution >= 0.6 is 0 Å². The van der Waals surface area contributed by atoms with Crippen LogP contribution in [0.25, 0.3) is 0 Å².